The van der Waals surface area contributed by atoms with Gasteiger partial charge in [0.1, 0.15) is 5.71 Å². The molecule has 1 aliphatic rings. The maximum Gasteiger partial charge on any atom is 0.185 e. The van der Waals surface area contributed by atoms with Gasteiger partial charge in [-0.05, 0) is 13.2 Å². The standard InChI is InChI=1S/C12H13N5S/c1-8-11-13-10(9-6-4-3-5-7-9)16-17(11)12(18-2)15-14-8/h3-7,12,15H,1-2H3. The van der Waals surface area contributed by atoms with Crippen molar-refractivity contribution in [2.45, 2.75) is 12.4 Å². The zero-order valence-corrected chi connectivity index (χ0v) is 11.0. The van der Waals surface area contributed by atoms with E-state index in [0.29, 0.717) is 0 Å². The summed E-state index contributed by atoms with van der Waals surface area (Å²) in [6, 6.07) is 9.98. The summed E-state index contributed by atoms with van der Waals surface area (Å²) >= 11 is 1.64. The van der Waals surface area contributed by atoms with E-state index in [9.17, 15) is 0 Å². The molecule has 1 aromatic carbocycles. The number of benzene rings is 1. The van der Waals surface area contributed by atoms with Gasteiger partial charge in [0.25, 0.3) is 0 Å². The normalized spacial score (nSPS) is 17.9. The fourth-order valence-corrected chi connectivity index (χ4v) is 2.36. The first-order valence-corrected chi connectivity index (χ1v) is 6.93. The van der Waals surface area contributed by atoms with Crippen molar-refractivity contribution in [3.05, 3.63) is 36.2 Å². The Morgan fingerprint density at radius 3 is 2.78 bits per heavy atom. The highest BCUT2D eigenvalue weighted by Gasteiger charge is 2.23. The molecule has 1 aromatic heterocycles. The minimum absolute atomic E-state index is 0.00802. The third-order valence-corrected chi connectivity index (χ3v) is 3.53. The van der Waals surface area contributed by atoms with Crippen LogP contribution in [0.25, 0.3) is 11.4 Å². The Morgan fingerprint density at radius 1 is 1.28 bits per heavy atom. The van der Waals surface area contributed by atoms with Crippen LogP contribution in [0, 0.1) is 0 Å². The van der Waals surface area contributed by atoms with Crippen LogP contribution in [0.1, 0.15) is 18.2 Å². The highest BCUT2D eigenvalue weighted by molar-refractivity contribution is 7.98. The molecule has 6 heteroatoms. The average Bonchev–Trinajstić information content (AvgIpc) is 2.86. The SMILES string of the molecule is CSC1NN=C(C)c2nc(-c3ccccc3)nn21. The lowest BCUT2D eigenvalue weighted by Crippen LogP contribution is -2.29. The molecular weight excluding hydrogens is 246 g/mol. The Balaban J connectivity index is 2.09. The number of fused-ring (bicyclic) bond motifs is 1. The van der Waals surface area contributed by atoms with Crippen molar-refractivity contribution in [2.24, 2.45) is 5.10 Å². The van der Waals surface area contributed by atoms with Crippen LogP contribution in [0.15, 0.2) is 35.4 Å². The summed E-state index contributed by atoms with van der Waals surface area (Å²) in [5, 5.41) is 8.82. The van der Waals surface area contributed by atoms with Gasteiger partial charge in [0.05, 0.1) is 0 Å². The van der Waals surface area contributed by atoms with Crippen molar-refractivity contribution in [2.75, 3.05) is 6.26 Å². The average molecular weight is 259 g/mol. The molecule has 0 saturated carbocycles. The first-order valence-electron chi connectivity index (χ1n) is 5.64. The van der Waals surface area contributed by atoms with Crippen molar-refractivity contribution in [1.29, 1.82) is 0 Å². The highest BCUT2D eigenvalue weighted by atomic mass is 32.2. The van der Waals surface area contributed by atoms with Crippen molar-refractivity contribution in [3.63, 3.8) is 0 Å². The molecule has 92 valence electrons. The van der Waals surface area contributed by atoms with Gasteiger partial charge in [0, 0.05) is 5.56 Å². The van der Waals surface area contributed by atoms with Gasteiger partial charge >= 0.3 is 0 Å². The molecule has 1 unspecified atom stereocenters. The number of hydrazone groups is 1. The van der Waals surface area contributed by atoms with Crippen LogP contribution in [-0.4, -0.2) is 26.7 Å². The van der Waals surface area contributed by atoms with E-state index >= 15 is 0 Å². The molecule has 0 saturated heterocycles. The summed E-state index contributed by atoms with van der Waals surface area (Å²) in [7, 11) is 0. The maximum absolute atomic E-state index is 4.57. The van der Waals surface area contributed by atoms with Crippen molar-refractivity contribution < 1.29 is 0 Å². The molecule has 0 fully saturated rings. The lowest BCUT2D eigenvalue weighted by Gasteiger charge is -2.20. The summed E-state index contributed by atoms with van der Waals surface area (Å²) < 4.78 is 1.88. The number of nitrogens with zero attached hydrogens (tertiary/aromatic N) is 4. The van der Waals surface area contributed by atoms with E-state index in [1.54, 1.807) is 11.8 Å². The summed E-state index contributed by atoms with van der Waals surface area (Å²) in [6.45, 7) is 1.93. The van der Waals surface area contributed by atoms with Gasteiger partial charge < -0.3 is 0 Å². The smallest absolute Gasteiger partial charge is 0.185 e. The van der Waals surface area contributed by atoms with Crippen LogP contribution in [0.3, 0.4) is 0 Å². The molecule has 3 rings (SSSR count). The summed E-state index contributed by atoms with van der Waals surface area (Å²) in [5.41, 5.74) is 4.94. The molecule has 2 heterocycles. The summed E-state index contributed by atoms with van der Waals surface area (Å²) in [4.78, 5) is 4.57. The number of hydrogen-bond acceptors (Lipinski definition) is 5. The number of nitrogens with one attached hydrogen (secondary N) is 1. The highest BCUT2D eigenvalue weighted by Crippen LogP contribution is 2.24. The molecule has 0 aliphatic carbocycles. The largest absolute Gasteiger partial charge is 0.276 e. The molecule has 1 atom stereocenters. The van der Waals surface area contributed by atoms with Crippen LogP contribution >= 0.6 is 11.8 Å². The van der Waals surface area contributed by atoms with Gasteiger partial charge in [-0.1, -0.05) is 30.3 Å². The van der Waals surface area contributed by atoms with E-state index < -0.39 is 0 Å². The number of hydrogen-bond donors (Lipinski definition) is 1. The third kappa shape index (κ3) is 1.78. The van der Waals surface area contributed by atoms with Crippen LogP contribution in [0.5, 0.6) is 0 Å². The second-order valence-electron chi connectivity index (χ2n) is 3.98. The molecular formula is C12H13N5S. The van der Waals surface area contributed by atoms with E-state index in [4.69, 9.17) is 0 Å². The van der Waals surface area contributed by atoms with E-state index in [2.05, 4.69) is 20.6 Å². The number of aromatic nitrogens is 3. The second-order valence-corrected chi connectivity index (χ2v) is 4.90. The van der Waals surface area contributed by atoms with Gasteiger partial charge in [-0.3, -0.25) is 5.43 Å². The zero-order valence-electron chi connectivity index (χ0n) is 10.2. The lowest BCUT2D eigenvalue weighted by molar-refractivity contribution is 0.493. The van der Waals surface area contributed by atoms with Crippen LogP contribution < -0.4 is 5.43 Å². The van der Waals surface area contributed by atoms with Crippen LogP contribution in [0.4, 0.5) is 0 Å². The molecule has 5 nitrogen and oxygen atoms in total. The lowest BCUT2D eigenvalue weighted by atomic mass is 10.2. The summed E-state index contributed by atoms with van der Waals surface area (Å²) in [6.07, 6.45) is 2.02. The first kappa shape index (κ1) is 11.3. The minimum Gasteiger partial charge on any atom is -0.276 e. The number of rotatable bonds is 2. The molecule has 0 spiro atoms. The Hall–Kier alpha value is -1.82. The minimum atomic E-state index is 0.00802. The molecule has 0 radical (unpaired) electrons. The van der Waals surface area contributed by atoms with Gasteiger partial charge in [-0.25, -0.2) is 9.67 Å². The van der Waals surface area contributed by atoms with Crippen molar-refractivity contribution >= 4 is 17.5 Å². The Bertz CT molecular complexity index is 590. The van der Waals surface area contributed by atoms with E-state index in [0.717, 1.165) is 22.9 Å². The summed E-state index contributed by atoms with van der Waals surface area (Å²) in [5.74, 6) is 1.56. The number of thioether (sulfide) groups is 1. The van der Waals surface area contributed by atoms with E-state index in [1.165, 1.54) is 0 Å². The molecule has 1 aliphatic heterocycles. The quantitative estimate of drug-likeness (QED) is 0.897. The Morgan fingerprint density at radius 2 is 2.06 bits per heavy atom. The third-order valence-electron chi connectivity index (χ3n) is 2.77. The Labute approximate surface area is 109 Å². The van der Waals surface area contributed by atoms with E-state index in [1.807, 2.05) is 48.2 Å². The topological polar surface area (TPSA) is 55.1 Å². The predicted molar refractivity (Wildman–Crippen MR) is 73.4 cm³/mol. The maximum atomic E-state index is 4.57. The second kappa shape index (κ2) is 4.45. The van der Waals surface area contributed by atoms with Crippen LogP contribution in [0.2, 0.25) is 0 Å². The predicted octanol–water partition coefficient (Wildman–Crippen LogP) is 2.09. The van der Waals surface area contributed by atoms with Gasteiger partial charge in [0.15, 0.2) is 17.1 Å². The molecule has 0 amide bonds. The van der Waals surface area contributed by atoms with Crippen molar-refractivity contribution in [1.82, 2.24) is 20.2 Å². The fourth-order valence-electron chi connectivity index (χ4n) is 1.85. The monoisotopic (exact) mass is 259 g/mol. The van der Waals surface area contributed by atoms with Crippen LogP contribution in [-0.2, 0) is 0 Å². The van der Waals surface area contributed by atoms with Crippen molar-refractivity contribution in [3.8, 4) is 11.4 Å². The molecule has 0 bridgehead atoms. The molecule has 18 heavy (non-hydrogen) atoms. The van der Waals surface area contributed by atoms with Gasteiger partial charge in [0.2, 0.25) is 0 Å². The molecule has 2 aromatic rings. The van der Waals surface area contributed by atoms with E-state index in [-0.39, 0.29) is 5.50 Å². The zero-order chi connectivity index (χ0) is 12.5. The fraction of sp³-hybridized carbons (Fsp3) is 0.250. The van der Waals surface area contributed by atoms with Gasteiger partial charge in [-0.15, -0.1) is 16.9 Å². The molecule has 1 N–H and O–H groups in total. The Kier molecular flexibility index (Phi) is 2.79. The van der Waals surface area contributed by atoms with Gasteiger partial charge in [-0.2, -0.15) is 5.10 Å². The first-order chi connectivity index (χ1) is 8.79.